The molecule has 0 saturated heterocycles. The van der Waals surface area contributed by atoms with E-state index in [1.165, 1.54) is 42.4 Å². The maximum atomic E-state index is 4.97. The number of aryl methyl sites for hydroxylation is 2. The zero-order chi connectivity index (χ0) is 36.3. The van der Waals surface area contributed by atoms with Crippen molar-refractivity contribution in [1.29, 1.82) is 0 Å². The molecule has 1 heterocycles. The number of rotatable bonds is 9. The second-order valence-corrected chi connectivity index (χ2v) is 14.4. The fraction of sp³-hybridized carbons (Fsp3) is 0.245. The average molecular weight is 678 g/mol. The lowest BCUT2D eigenvalue weighted by molar-refractivity contribution is 0.590. The van der Waals surface area contributed by atoms with Crippen molar-refractivity contribution in [3.05, 3.63) is 160 Å². The van der Waals surface area contributed by atoms with Crippen molar-refractivity contribution in [2.24, 2.45) is 0 Å². The van der Waals surface area contributed by atoms with Gasteiger partial charge < -0.3 is 0 Å². The van der Waals surface area contributed by atoms with Crippen molar-refractivity contribution in [2.75, 3.05) is 0 Å². The Labute approximate surface area is 310 Å². The minimum absolute atomic E-state index is 0.0550. The zero-order valence-corrected chi connectivity index (χ0v) is 31.1. The van der Waals surface area contributed by atoms with Crippen molar-refractivity contribution in [3.63, 3.8) is 0 Å². The predicted octanol–water partition coefficient (Wildman–Crippen LogP) is 11.7. The third kappa shape index (κ3) is 9.72. The van der Waals surface area contributed by atoms with Crippen LogP contribution in [0.25, 0.3) is 34.2 Å². The summed E-state index contributed by atoms with van der Waals surface area (Å²) in [6.45, 7) is 11.1. The third-order valence-corrected chi connectivity index (χ3v) is 9.18. The highest BCUT2D eigenvalue weighted by Gasteiger charge is 2.16. The fourth-order valence-electron chi connectivity index (χ4n) is 5.85. The van der Waals surface area contributed by atoms with Crippen molar-refractivity contribution >= 4 is 0 Å². The maximum absolute atomic E-state index is 4.97. The van der Waals surface area contributed by atoms with E-state index in [1.54, 1.807) is 0 Å². The lowest BCUT2D eigenvalue weighted by Gasteiger charge is -2.19. The molecule has 1 aromatic heterocycles. The summed E-state index contributed by atoms with van der Waals surface area (Å²) in [5, 5.41) is 0. The van der Waals surface area contributed by atoms with Gasteiger partial charge in [-0.15, -0.1) is 0 Å². The normalized spacial score (nSPS) is 10.9. The van der Waals surface area contributed by atoms with Gasteiger partial charge in [-0.1, -0.05) is 120 Å². The SMILES string of the molecule is CCCCc1ccc(C#Cc2ccc(-c3nc(-c4ccc(C#Cc5ccc(CCCC)cc5)cc4)nc(-c4ccc(C(C)(C)C)cc4)n3)cc2)cc1. The van der Waals surface area contributed by atoms with E-state index in [4.69, 9.17) is 15.0 Å². The van der Waals surface area contributed by atoms with E-state index < -0.39 is 0 Å². The molecule has 0 atom stereocenters. The predicted molar refractivity (Wildman–Crippen MR) is 217 cm³/mol. The van der Waals surface area contributed by atoms with Gasteiger partial charge in [0.15, 0.2) is 17.5 Å². The first-order valence-electron chi connectivity index (χ1n) is 18.6. The minimum atomic E-state index is 0.0550. The van der Waals surface area contributed by atoms with E-state index in [1.807, 2.05) is 48.5 Å². The lowest BCUT2D eigenvalue weighted by Crippen LogP contribution is -2.10. The van der Waals surface area contributed by atoms with Gasteiger partial charge in [0.2, 0.25) is 0 Å². The molecular weight excluding hydrogens is 631 g/mol. The molecule has 0 aliphatic carbocycles. The number of nitrogens with zero attached hydrogens (tertiary/aromatic N) is 3. The highest BCUT2D eigenvalue weighted by Crippen LogP contribution is 2.28. The minimum Gasteiger partial charge on any atom is -0.208 e. The Morgan fingerprint density at radius 2 is 0.692 bits per heavy atom. The molecule has 0 fully saturated rings. The van der Waals surface area contributed by atoms with Crippen LogP contribution in [0.2, 0.25) is 0 Å². The van der Waals surface area contributed by atoms with Crippen molar-refractivity contribution in [3.8, 4) is 57.8 Å². The van der Waals surface area contributed by atoms with Crippen molar-refractivity contribution in [2.45, 2.75) is 78.6 Å². The summed E-state index contributed by atoms with van der Waals surface area (Å²) in [7, 11) is 0. The lowest BCUT2D eigenvalue weighted by atomic mass is 9.87. The summed E-state index contributed by atoms with van der Waals surface area (Å²) in [6, 6.07) is 42.0. The molecule has 52 heavy (non-hydrogen) atoms. The summed E-state index contributed by atoms with van der Waals surface area (Å²) in [5.41, 5.74) is 10.7. The molecule has 258 valence electrons. The fourth-order valence-corrected chi connectivity index (χ4v) is 5.85. The summed E-state index contributed by atoms with van der Waals surface area (Å²) in [6.07, 6.45) is 7.05. The van der Waals surface area contributed by atoms with Crippen LogP contribution in [-0.2, 0) is 18.3 Å². The maximum Gasteiger partial charge on any atom is 0.164 e. The molecule has 0 unspecified atom stereocenters. The quantitative estimate of drug-likeness (QED) is 0.143. The molecule has 5 aromatic carbocycles. The first kappa shape index (κ1) is 36.0. The second kappa shape index (κ2) is 17.0. The van der Waals surface area contributed by atoms with Crippen LogP contribution in [0.4, 0.5) is 0 Å². The van der Waals surface area contributed by atoms with E-state index in [0.717, 1.165) is 51.8 Å². The smallest absolute Gasteiger partial charge is 0.164 e. The van der Waals surface area contributed by atoms with Crippen LogP contribution in [-0.4, -0.2) is 15.0 Å². The number of hydrogen-bond acceptors (Lipinski definition) is 3. The van der Waals surface area contributed by atoms with Crippen LogP contribution in [0.1, 0.15) is 99.2 Å². The van der Waals surface area contributed by atoms with Gasteiger partial charge >= 0.3 is 0 Å². The third-order valence-electron chi connectivity index (χ3n) is 9.18. The molecule has 6 rings (SSSR count). The van der Waals surface area contributed by atoms with E-state index in [-0.39, 0.29) is 5.41 Å². The molecule has 0 spiro atoms. The zero-order valence-electron chi connectivity index (χ0n) is 31.1. The summed E-state index contributed by atoms with van der Waals surface area (Å²) >= 11 is 0. The van der Waals surface area contributed by atoms with Crippen LogP contribution in [0, 0.1) is 23.7 Å². The van der Waals surface area contributed by atoms with Crippen molar-refractivity contribution < 1.29 is 0 Å². The van der Waals surface area contributed by atoms with Gasteiger partial charge in [-0.3, -0.25) is 0 Å². The standard InChI is InChI=1S/C49H47N3/c1-6-8-10-36-12-16-38(17-13-36)20-22-40-24-28-42(29-25-40)46-50-47(52-48(51-46)44-32-34-45(35-33-44)49(3,4)5)43-30-26-41(27-31-43)23-21-39-18-14-37(15-19-39)11-9-7-2/h12-19,24-35H,6-11H2,1-5H3. The molecule has 3 heteroatoms. The Morgan fingerprint density at radius 1 is 0.404 bits per heavy atom. The molecule has 0 N–H and O–H groups in total. The van der Waals surface area contributed by atoms with Crippen LogP contribution in [0.5, 0.6) is 0 Å². The van der Waals surface area contributed by atoms with Crippen LogP contribution < -0.4 is 0 Å². The monoisotopic (exact) mass is 677 g/mol. The van der Waals surface area contributed by atoms with E-state index in [9.17, 15) is 0 Å². The van der Waals surface area contributed by atoms with Crippen LogP contribution in [0.3, 0.4) is 0 Å². The van der Waals surface area contributed by atoms with Crippen molar-refractivity contribution in [1.82, 2.24) is 15.0 Å². The Morgan fingerprint density at radius 3 is 0.981 bits per heavy atom. The van der Waals surface area contributed by atoms with E-state index >= 15 is 0 Å². The number of hydrogen-bond donors (Lipinski definition) is 0. The van der Waals surface area contributed by atoms with Crippen LogP contribution in [0.15, 0.2) is 121 Å². The van der Waals surface area contributed by atoms with E-state index in [0.29, 0.717) is 17.5 Å². The van der Waals surface area contributed by atoms with E-state index in [2.05, 4.69) is 131 Å². The van der Waals surface area contributed by atoms with Gasteiger partial charge in [0.25, 0.3) is 0 Å². The summed E-state index contributed by atoms with van der Waals surface area (Å²) < 4.78 is 0. The second-order valence-electron chi connectivity index (χ2n) is 14.4. The van der Waals surface area contributed by atoms with Gasteiger partial charge in [-0.2, -0.15) is 0 Å². The molecule has 0 amide bonds. The Hall–Kier alpha value is -5.77. The molecule has 0 aliphatic rings. The van der Waals surface area contributed by atoms with Gasteiger partial charge in [-0.05, 0) is 121 Å². The molecular formula is C49H47N3. The topological polar surface area (TPSA) is 38.7 Å². The van der Waals surface area contributed by atoms with Gasteiger partial charge in [0, 0.05) is 38.9 Å². The Balaban J connectivity index is 1.27. The first-order valence-corrected chi connectivity index (χ1v) is 18.6. The molecule has 0 aliphatic heterocycles. The number of benzene rings is 5. The Bertz CT molecular complexity index is 2070. The number of unbranched alkanes of at least 4 members (excludes halogenated alkanes) is 2. The highest BCUT2D eigenvalue weighted by molar-refractivity contribution is 5.67. The van der Waals surface area contributed by atoms with Gasteiger partial charge in [0.1, 0.15) is 0 Å². The molecule has 0 saturated carbocycles. The molecule has 0 radical (unpaired) electrons. The molecule has 3 nitrogen and oxygen atoms in total. The largest absolute Gasteiger partial charge is 0.208 e. The first-order chi connectivity index (χ1) is 25.3. The Kier molecular flexibility index (Phi) is 11.8. The molecule has 0 bridgehead atoms. The molecule has 6 aromatic rings. The van der Waals surface area contributed by atoms with Gasteiger partial charge in [-0.25, -0.2) is 15.0 Å². The van der Waals surface area contributed by atoms with Gasteiger partial charge in [0.05, 0.1) is 0 Å². The summed E-state index contributed by atoms with van der Waals surface area (Å²) in [5.74, 6) is 15.1. The average Bonchev–Trinajstić information content (AvgIpc) is 3.18. The summed E-state index contributed by atoms with van der Waals surface area (Å²) in [4.78, 5) is 14.9. The van der Waals surface area contributed by atoms with Crippen LogP contribution >= 0.6 is 0 Å². The highest BCUT2D eigenvalue weighted by atomic mass is 15.0. The number of aromatic nitrogens is 3.